The van der Waals surface area contributed by atoms with Crippen LogP contribution in [0, 0.1) is 171 Å². The predicted octanol–water partition coefficient (Wildman–Crippen LogP) is 37.3. The zero-order valence-electron chi connectivity index (χ0n) is 85.9. The summed E-state index contributed by atoms with van der Waals surface area (Å²) < 4.78 is 0. The summed E-state index contributed by atoms with van der Waals surface area (Å²) in [6.45, 7) is 99.0. The van der Waals surface area contributed by atoms with Crippen LogP contribution < -0.4 is 0 Å². The normalized spacial score (nSPS) is 16.4. The van der Waals surface area contributed by atoms with E-state index in [2.05, 4.69) is 112 Å². The number of nitrogens with zero attached hydrogens (tertiary/aromatic N) is 8. The van der Waals surface area contributed by atoms with Gasteiger partial charge in [0.15, 0.2) is 0 Å². The van der Waals surface area contributed by atoms with Crippen LogP contribution in [-0.4, -0.2) is 51.4 Å². The molecule has 8 rings (SSSR count). The van der Waals surface area contributed by atoms with Gasteiger partial charge in [-0.25, -0.2) is 0 Å². The van der Waals surface area contributed by atoms with Gasteiger partial charge in [-0.1, -0.05) is 399 Å². The molecule has 0 aromatic rings. The van der Waals surface area contributed by atoms with Crippen LogP contribution in [0.15, 0.2) is 45.6 Å². The summed E-state index contributed by atoms with van der Waals surface area (Å²) in [7, 11) is 4.99. The molecule has 0 aromatic carbocycles. The van der Waals surface area contributed by atoms with Crippen LogP contribution in [0.2, 0.25) is 0 Å². The average molecular weight is 2030 g/mol. The van der Waals surface area contributed by atoms with Gasteiger partial charge in [0.1, 0.15) is 0 Å². The van der Waals surface area contributed by atoms with E-state index >= 15 is 0 Å². The third kappa shape index (κ3) is 176. The van der Waals surface area contributed by atoms with Gasteiger partial charge in [0, 0.05) is 0 Å². The Balaban J connectivity index is -0.0000000365. The van der Waals surface area contributed by atoms with Crippen LogP contribution >= 0.6 is 0 Å². The van der Waals surface area contributed by atoms with E-state index in [1.165, 1.54) is 212 Å². The topological polar surface area (TPSA) is 113 Å². The summed E-state index contributed by atoms with van der Waals surface area (Å²) in [5.74, 6) is 10.1. The van der Waals surface area contributed by atoms with E-state index in [0.717, 1.165) is 59.2 Å². The molecule has 730 valence electrons. The van der Waals surface area contributed by atoms with E-state index in [-0.39, 0.29) is 194 Å². The van der Waals surface area contributed by atoms with Crippen LogP contribution in [0.4, 0.5) is 0 Å². The molecule has 8 nitrogen and oxygen atoms in total. The third-order valence-corrected chi connectivity index (χ3v) is 19.0. The first kappa shape index (κ1) is 184. The summed E-state index contributed by atoms with van der Waals surface area (Å²) in [6.07, 6.45) is 49.2. The fraction of sp³-hybridized carbons (Fsp3) is 0.767. The molecule has 0 radical (unpaired) electrons. The molecule has 4 atom stereocenters. The molecule has 119 heavy (non-hydrogen) atoms. The van der Waals surface area contributed by atoms with Crippen LogP contribution in [0.5, 0.6) is 0 Å². The summed E-state index contributed by atoms with van der Waals surface area (Å²) in [6, 6.07) is 1.69. The Morgan fingerprint density at radius 1 is 0.252 bits per heavy atom. The van der Waals surface area contributed by atoms with Crippen LogP contribution in [0.1, 0.15) is 406 Å². The van der Waals surface area contributed by atoms with E-state index in [9.17, 15) is 0 Å². The molecular weight excluding hydrogens is 1820 g/mol. The van der Waals surface area contributed by atoms with E-state index in [1.54, 1.807) is 76.5 Å². The molecule has 0 N–H and O–H groups in total. The molecule has 8 fully saturated rings. The number of hydrogen-bond donors (Lipinski definition) is 0. The van der Waals surface area contributed by atoms with Crippen molar-refractivity contribution in [2.24, 2.45) is 59.2 Å². The van der Waals surface area contributed by atoms with Crippen molar-refractivity contribution in [1.29, 1.82) is 0 Å². The van der Waals surface area contributed by atoms with Crippen molar-refractivity contribution in [3.8, 4) is 0 Å². The smallest absolute Gasteiger partial charge is 0.721 e. The second-order valence-electron chi connectivity index (χ2n) is 32.5. The maximum atomic E-state index is 5.24. The molecule has 0 amide bonds. The molecule has 0 bridgehead atoms. The van der Waals surface area contributed by atoms with Gasteiger partial charge in [0.05, 0.1) is 0 Å². The van der Waals surface area contributed by atoms with Gasteiger partial charge < -0.3 is 200 Å². The van der Waals surface area contributed by atoms with Crippen molar-refractivity contribution >= 4 is 0 Å². The first-order valence-electron chi connectivity index (χ1n) is 42.1. The standard InChI is InChI=1S/C9H18.C8H16.2C7H14.5C6H11N.2C6H12.2C5H10.3C4H7N.8CH3.8Co/c1-6-5-7(2)9(4)8(6)3;1-7(2)8-5-3-4-6-8;2*1-2-7-5-3-4-6-7;5*1-5(2)7-6(3)4;2*1-6-4-2-3-5-6;2*1-2-4-5-3-1;3*1-4(2)5-3;;;;;;;;;;;;;;;;/h6-9H,5H2,1-4H3;7-8H,3-6H2,1-2H3;2*7H,2-6H2,1H3;5*1,6H,2-4H3;2*6H,2-5H2,1H3;2*1-5H2;3*1H,2-3H3;8*1H3;;;;;;;;/q;;;;5*-2;;;;;3*-2;8*-1;8*+3. The molecule has 8 saturated carbocycles. The molecule has 0 aromatic heterocycles. The zero-order valence-corrected chi connectivity index (χ0v) is 94.2. The quantitative estimate of drug-likeness (QED) is 0.137. The minimum absolute atomic E-state index is 0. The van der Waals surface area contributed by atoms with Crippen molar-refractivity contribution in [2.75, 3.05) is 21.1 Å². The van der Waals surface area contributed by atoms with Crippen LogP contribution in [0.25, 0.3) is 42.5 Å². The minimum Gasteiger partial charge on any atom is -0.721 e. The molecule has 0 spiro atoms. The molecule has 16 heteroatoms. The number of hydrogen-bond acceptors (Lipinski definition) is 0. The maximum Gasteiger partial charge on any atom is 3.00 e. The van der Waals surface area contributed by atoms with E-state index in [1.807, 2.05) is 69.2 Å². The largest absolute Gasteiger partial charge is 3.00 e. The first-order chi connectivity index (χ1) is 48.0. The van der Waals surface area contributed by atoms with Gasteiger partial charge in [-0.05, 0) is 65.6 Å². The second kappa shape index (κ2) is 134. The van der Waals surface area contributed by atoms with Gasteiger partial charge in [-0.2, -0.15) is 0 Å². The molecule has 0 saturated heterocycles. The Labute approximate surface area is 842 Å². The summed E-state index contributed by atoms with van der Waals surface area (Å²) in [5, 5.41) is 30.6. The fourth-order valence-electron chi connectivity index (χ4n) is 12.6. The summed E-state index contributed by atoms with van der Waals surface area (Å²) in [4.78, 5) is 0. The Hall–Kier alpha value is 0.372. The molecule has 8 aliphatic carbocycles. The predicted molar refractivity (Wildman–Crippen MR) is 524 cm³/mol. The van der Waals surface area contributed by atoms with Crippen molar-refractivity contribution in [1.82, 2.24) is 0 Å². The van der Waals surface area contributed by atoms with Gasteiger partial charge >= 0.3 is 134 Å². The molecular formula is C103H206Co8N8. The second-order valence-corrected chi connectivity index (χ2v) is 32.5. The first-order valence-corrected chi connectivity index (χ1v) is 42.1. The molecule has 8 aliphatic rings. The Bertz CT molecular complexity index is 1680. The summed E-state index contributed by atoms with van der Waals surface area (Å²) >= 11 is 0. The Kier molecular flexibility index (Phi) is 207. The average Bonchev–Trinajstić information content (AvgIpc) is 1.72. The minimum atomic E-state index is 0. The van der Waals surface area contributed by atoms with Crippen molar-refractivity contribution in [3.05, 3.63) is 200 Å². The van der Waals surface area contributed by atoms with E-state index < -0.39 is 0 Å². The van der Waals surface area contributed by atoms with Crippen LogP contribution in [-0.2, 0) is 134 Å². The van der Waals surface area contributed by atoms with E-state index in [4.69, 9.17) is 52.6 Å². The summed E-state index contributed by atoms with van der Waals surface area (Å²) in [5.41, 5.74) is 5.20. The van der Waals surface area contributed by atoms with Crippen molar-refractivity contribution in [2.45, 2.75) is 436 Å². The van der Waals surface area contributed by atoms with Gasteiger partial charge in [0.2, 0.25) is 0 Å². The van der Waals surface area contributed by atoms with Crippen molar-refractivity contribution < 1.29 is 134 Å². The molecule has 4 unspecified atom stereocenters. The fourth-order valence-corrected chi connectivity index (χ4v) is 12.6. The molecule has 0 heterocycles. The van der Waals surface area contributed by atoms with Gasteiger partial charge in [-0.15, -0.1) is 51.4 Å². The third-order valence-electron chi connectivity index (χ3n) is 19.0. The monoisotopic (exact) mass is 2030 g/mol. The number of rotatable bonds is 16. The number of allylic oxidation sites excluding steroid dienone is 8. The van der Waals surface area contributed by atoms with Crippen molar-refractivity contribution in [3.63, 3.8) is 0 Å². The van der Waals surface area contributed by atoms with Gasteiger partial charge in [0.25, 0.3) is 0 Å². The maximum absolute atomic E-state index is 5.24. The SMILES string of the molecule is C1CCCC1.C1CCCC1.CC(C)C1CCCC1.CC1CC(C)C(C)C1C.CC1CCCC1.CC1CCCC1.CCC1CCCC1.CCC1CCCC1.[CH-]=C(C)[N-]C.[CH-]=C(C)[N-]C.[CH-]=C(C)[N-]C.[CH-]=C(C)[N-]C(C)C.[CH-]=C(C)[N-]C(C)C.[CH-]=C(C)[N-]C(C)C.[CH-]=C(C)[N-]C(C)C.[CH-]=C(C)[N-]C(C)C.[CH3-].[CH3-].[CH3-].[CH3-].[CH3-].[CH3-].[CH3-].[CH3-].[Co+3].[Co+3].[Co+3].[Co+3].[Co+3].[Co+3].[Co+3].[Co+3]. The Morgan fingerprint density at radius 2 is 0.395 bits per heavy atom. The van der Waals surface area contributed by atoms with Gasteiger partial charge in [-0.3, -0.25) is 0 Å². The van der Waals surface area contributed by atoms with Crippen LogP contribution in [0.3, 0.4) is 0 Å². The van der Waals surface area contributed by atoms with E-state index in [0.29, 0.717) is 75.8 Å². The Morgan fingerprint density at radius 3 is 0.454 bits per heavy atom. The molecule has 0 aliphatic heterocycles. The zero-order chi connectivity index (χ0) is 81.3.